The van der Waals surface area contributed by atoms with Crippen LogP contribution in [0.3, 0.4) is 0 Å². The third-order valence-corrected chi connectivity index (χ3v) is 6.78. The molecule has 5 nitrogen and oxygen atoms in total. The number of benzene rings is 1. The number of aromatic nitrogens is 1. The van der Waals surface area contributed by atoms with Gasteiger partial charge in [0.05, 0.1) is 15.1 Å². The van der Waals surface area contributed by atoms with Gasteiger partial charge in [0.25, 0.3) is 0 Å². The number of aryl methyl sites for hydroxylation is 1. The van der Waals surface area contributed by atoms with Gasteiger partial charge in [0.15, 0.2) is 0 Å². The van der Waals surface area contributed by atoms with E-state index in [9.17, 15) is 13.2 Å². The van der Waals surface area contributed by atoms with E-state index in [0.717, 1.165) is 53.7 Å². The fourth-order valence-corrected chi connectivity index (χ4v) is 5.52. The summed E-state index contributed by atoms with van der Waals surface area (Å²) in [5.41, 5.74) is 0.818. The molecule has 0 saturated heterocycles. The zero-order chi connectivity index (χ0) is 16.4. The summed E-state index contributed by atoms with van der Waals surface area (Å²) in [6.45, 7) is 2.67. The van der Waals surface area contributed by atoms with Gasteiger partial charge in [-0.15, -0.1) is 0 Å². The molecule has 1 aliphatic carbocycles. The van der Waals surface area contributed by atoms with Crippen LogP contribution < -0.4 is 9.60 Å². The molecular formula is C16H22N2O3S2. The summed E-state index contributed by atoms with van der Waals surface area (Å²) in [5, 5.41) is 0. The second kappa shape index (κ2) is 6.75. The SMILES string of the molecule is CCCn1c(=O)sc2cc(S(=O)(=O)NC3CCCCC3)ccc21. The highest BCUT2D eigenvalue weighted by Crippen LogP contribution is 2.24. The van der Waals surface area contributed by atoms with Gasteiger partial charge in [0.2, 0.25) is 10.0 Å². The van der Waals surface area contributed by atoms with E-state index in [-0.39, 0.29) is 15.8 Å². The van der Waals surface area contributed by atoms with Crippen molar-refractivity contribution in [2.24, 2.45) is 0 Å². The van der Waals surface area contributed by atoms with Crippen LogP contribution in [0.5, 0.6) is 0 Å². The van der Waals surface area contributed by atoms with Gasteiger partial charge < -0.3 is 0 Å². The van der Waals surface area contributed by atoms with E-state index in [0.29, 0.717) is 6.54 Å². The molecule has 0 amide bonds. The first-order valence-corrected chi connectivity index (χ1v) is 10.5. The molecule has 0 bridgehead atoms. The molecule has 23 heavy (non-hydrogen) atoms. The number of fused-ring (bicyclic) bond motifs is 1. The molecule has 2 aromatic rings. The van der Waals surface area contributed by atoms with Crippen LogP contribution in [0.15, 0.2) is 27.9 Å². The van der Waals surface area contributed by atoms with E-state index in [2.05, 4.69) is 4.72 Å². The lowest BCUT2D eigenvalue weighted by Crippen LogP contribution is -2.36. The van der Waals surface area contributed by atoms with Gasteiger partial charge in [-0.2, -0.15) is 0 Å². The van der Waals surface area contributed by atoms with Crippen LogP contribution in [0, 0.1) is 0 Å². The highest BCUT2D eigenvalue weighted by atomic mass is 32.2. The van der Waals surface area contributed by atoms with Crippen molar-refractivity contribution in [3.05, 3.63) is 27.9 Å². The zero-order valence-electron chi connectivity index (χ0n) is 13.2. The van der Waals surface area contributed by atoms with Crippen LogP contribution in [0.1, 0.15) is 45.4 Å². The van der Waals surface area contributed by atoms with Crippen molar-refractivity contribution in [1.82, 2.24) is 9.29 Å². The number of hydrogen-bond donors (Lipinski definition) is 1. The van der Waals surface area contributed by atoms with Gasteiger partial charge in [0, 0.05) is 12.6 Å². The van der Waals surface area contributed by atoms with Crippen LogP contribution in [0.2, 0.25) is 0 Å². The Labute approximate surface area is 140 Å². The van der Waals surface area contributed by atoms with Crippen molar-refractivity contribution in [3.63, 3.8) is 0 Å². The molecule has 0 unspecified atom stereocenters. The monoisotopic (exact) mass is 354 g/mol. The van der Waals surface area contributed by atoms with Crippen LogP contribution in [-0.4, -0.2) is 19.0 Å². The standard InChI is InChI=1S/C16H22N2O3S2/c1-2-10-18-14-9-8-13(11-15(14)22-16(18)19)23(20,21)17-12-6-4-3-5-7-12/h8-9,11-12,17H,2-7,10H2,1H3. The molecule has 0 aliphatic heterocycles. The summed E-state index contributed by atoms with van der Waals surface area (Å²) in [4.78, 5) is 12.2. The molecule has 1 aromatic carbocycles. The van der Waals surface area contributed by atoms with E-state index in [4.69, 9.17) is 0 Å². The summed E-state index contributed by atoms with van der Waals surface area (Å²) in [7, 11) is -3.52. The van der Waals surface area contributed by atoms with Crippen molar-refractivity contribution in [1.29, 1.82) is 0 Å². The number of hydrogen-bond acceptors (Lipinski definition) is 4. The van der Waals surface area contributed by atoms with Gasteiger partial charge in [-0.05, 0) is 37.5 Å². The van der Waals surface area contributed by atoms with E-state index in [1.54, 1.807) is 22.8 Å². The van der Waals surface area contributed by atoms with E-state index in [1.165, 1.54) is 6.42 Å². The van der Waals surface area contributed by atoms with Crippen molar-refractivity contribution < 1.29 is 8.42 Å². The first kappa shape index (κ1) is 16.7. The largest absolute Gasteiger partial charge is 0.308 e. The Balaban J connectivity index is 1.91. The quantitative estimate of drug-likeness (QED) is 0.897. The second-order valence-corrected chi connectivity index (χ2v) is 8.81. The van der Waals surface area contributed by atoms with E-state index >= 15 is 0 Å². The average Bonchev–Trinajstić information content (AvgIpc) is 2.83. The number of rotatable bonds is 5. The fraction of sp³-hybridized carbons (Fsp3) is 0.562. The molecule has 7 heteroatoms. The Morgan fingerprint density at radius 1 is 1.26 bits per heavy atom. The predicted molar refractivity (Wildman–Crippen MR) is 93.6 cm³/mol. The summed E-state index contributed by atoms with van der Waals surface area (Å²) >= 11 is 1.11. The minimum absolute atomic E-state index is 0.0309. The molecule has 0 radical (unpaired) electrons. The molecule has 1 N–H and O–H groups in total. The second-order valence-electron chi connectivity index (χ2n) is 6.11. The molecule has 1 heterocycles. The number of nitrogens with one attached hydrogen (secondary N) is 1. The molecule has 1 fully saturated rings. The molecule has 1 saturated carbocycles. The third-order valence-electron chi connectivity index (χ3n) is 4.32. The Kier molecular flexibility index (Phi) is 4.89. The smallest absolute Gasteiger partial charge is 0.299 e. The Bertz CT molecular complexity index is 846. The van der Waals surface area contributed by atoms with Gasteiger partial charge >= 0.3 is 4.87 Å². The number of thiazole rings is 1. The highest BCUT2D eigenvalue weighted by Gasteiger charge is 2.22. The van der Waals surface area contributed by atoms with Crippen LogP contribution in [0.4, 0.5) is 0 Å². The van der Waals surface area contributed by atoms with E-state index in [1.807, 2.05) is 6.92 Å². The summed E-state index contributed by atoms with van der Waals surface area (Å²) < 4.78 is 30.4. The number of sulfonamides is 1. The lowest BCUT2D eigenvalue weighted by atomic mass is 9.96. The Morgan fingerprint density at radius 2 is 2.00 bits per heavy atom. The maximum absolute atomic E-state index is 12.6. The fourth-order valence-electron chi connectivity index (χ4n) is 3.16. The van der Waals surface area contributed by atoms with Gasteiger partial charge in [-0.1, -0.05) is 37.5 Å². The molecule has 3 rings (SSSR count). The molecule has 0 atom stereocenters. The van der Waals surface area contributed by atoms with Crippen molar-refractivity contribution in [2.45, 2.75) is 62.9 Å². The minimum atomic E-state index is -3.52. The average molecular weight is 354 g/mol. The lowest BCUT2D eigenvalue weighted by molar-refractivity contribution is 0.412. The van der Waals surface area contributed by atoms with Crippen molar-refractivity contribution >= 4 is 31.6 Å². The molecule has 0 spiro atoms. The topological polar surface area (TPSA) is 68.2 Å². The van der Waals surface area contributed by atoms with Crippen LogP contribution in [-0.2, 0) is 16.6 Å². The summed E-state index contributed by atoms with van der Waals surface area (Å²) in [6, 6.07) is 5.01. The third kappa shape index (κ3) is 3.51. The Hall–Kier alpha value is -1.18. The summed E-state index contributed by atoms with van der Waals surface area (Å²) in [6.07, 6.45) is 6.02. The van der Waals surface area contributed by atoms with E-state index < -0.39 is 10.0 Å². The van der Waals surface area contributed by atoms with Crippen LogP contribution in [0.25, 0.3) is 10.2 Å². The van der Waals surface area contributed by atoms with Crippen LogP contribution >= 0.6 is 11.3 Å². The lowest BCUT2D eigenvalue weighted by Gasteiger charge is -2.22. The van der Waals surface area contributed by atoms with Gasteiger partial charge in [-0.25, -0.2) is 13.1 Å². The number of nitrogens with zero attached hydrogens (tertiary/aromatic N) is 1. The molecule has 126 valence electrons. The highest BCUT2D eigenvalue weighted by molar-refractivity contribution is 7.89. The molecule has 1 aromatic heterocycles. The maximum atomic E-state index is 12.6. The first-order valence-electron chi connectivity index (χ1n) is 8.17. The Morgan fingerprint density at radius 3 is 2.70 bits per heavy atom. The maximum Gasteiger partial charge on any atom is 0.308 e. The van der Waals surface area contributed by atoms with Crippen molar-refractivity contribution in [3.8, 4) is 0 Å². The molecular weight excluding hydrogens is 332 g/mol. The minimum Gasteiger partial charge on any atom is -0.299 e. The molecule has 1 aliphatic rings. The zero-order valence-corrected chi connectivity index (χ0v) is 14.9. The summed E-state index contributed by atoms with van der Waals surface area (Å²) in [5.74, 6) is 0. The predicted octanol–water partition coefficient (Wildman–Crippen LogP) is 3.08. The first-order chi connectivity index (χ1) is 11.0. The van der Waals surface area contributed by atoms with Gasteiger partial charge in [0.1, 0.15) is 0 Å². The van der Waals surface area contributed by atoms with Crippen molar-refractivity contribution in [2.75, 3.05) is 0 Å². The van der Waals surface area contributed by atoms with Gasteiger partial charge in [-0.3, -0.25) is 9.36 Å². The normalized spacial score (nSPS) is 16.9.